The second kappa shape index (κ2) is 7.38. The van der Waals surface area contributed by atoms with Crippen molar-refractivity contribution < 1.29 is 4.57 Å². The Hall–Kier alpha value is -3.39. The molecule has 1 unspecified atom stereocenters. The van der Waals surface area contributed by atoms with Gasteiger partial charge in [-0.2, -0.15) is 4.57 Å². The molecule has 1 aromatic heterocycles. The fourth-order valence-electron chi connectivity index (χ4n) is 8.71. The Labute approximate surface area is 226 Å². The van der Waals surface area contributed by atoms with Gasteiger partial charge in [0.25, 0.3) is 5.66 Å². The van der Waals surface area contributed by atoms with Crippen LogP contribution in [0, 0.1) is 6.92 Å². The highest BCUT2D eigenvalue weighted by molar-refractivity contribution is 6.07. The van der Waals surface area contributed by atoms with Gasteiger partial charge in [0.2, 0.25) is 5.69 Å². The van der Waals surface area contributed by atoms with E-state index in [9.17, 15) is 0 Å². The molecular formula is C36H37N2+. The molecule has 2 heteroatoms. The summed E-state index contributed by atoms with van der Waals surface area (Å²) >= 11 is 0. The van der Waals surface area contributed by atoms with Crippen molar-refractivity contribution >= 4 is 21.5 Å². The van der Waals surface area contributed by atoms with Crippen LogP contribution in [0.3, 0.4) is 0 Å². The number of pyridine rings is 1. The van der Waals surface area contributed by atoms with Gasteiger partial charge in [-0.1, -0.05) is 75.1 Å². The molecule has 0 N–H and O–H groups in total. The molecule has 0 amide bonds. The normalized spacial score (nSPS) is 23.3. The lowest BCUT2D eigenvalue weighted by molar-refractivity contribution is -0.749. The molecule has 3 aromatic carbocycles. The zero-order valence-electron chi connectivity index (χ0n) is 23.4. The van der Waals surface area contributed by atoms with Crippen LogP contribution in [0.5, 0.6) is 0 Å². The van der Waals surface area contributed by atoms with E-state index in [-0.39, 0.29) is 11.1 Å². The predicted octanol–water partition coefficient (Wildman–Crippen LogP) is 8.41. The highest BCUT2D eigenvalue weighted by Gasteiger charge is 2.60. The summed E-state index contributed by atoms with van der Waals surface area (Å²) in [5.41, 5.74) is 11.0. The molecule has 2 aliphatic carbocycles. The fraction of sp³-hybridized carbons (Fsp3) is 0.361. The number of aromatic nitrogens is 1. The first kappa shape index (κ1) is 22.6. The largest absolute Gasteiger partial charge is 0.305 e. The van der Waals surface area contributed by atoms with E-state index in [0.717, 1.165) is 0 Å². The third-order valence-electron chi connectivity index (χ3n) is 10.1. The van der Waals surface area contributed by atoms with Crippen molar-refractivity contribution in [2.24, 2.45) is 0 Å². The number of aryl methyl sites for hydroxylation is 1. The topological polar surface area (TPSA) is 7.12 Å². The average molecular weight is 498 g/mol. The maximum atomic E-state index is 2.82. The lowest BCUT2D eigenvalue weighted by Crippen LogP contribution is -2.66. The van der Waals surface area contributed by atoms with E-state index >= 15 is 0 Å². The van der Waals surface area contributed by atoms with Gasteiger partial charge in [-0.05, 0) is 73.7 Å². The molecule has 1 saturated carbocycles. The molecule has 3 heterocycles. The van der Waals surface area contributed by atoms with Crippen molar-refractivity contribution in [1.82, 2.24) is 4.90 Å². The lowest BCUT2D eigenvalue weighted by Gasteiger charge is -2.46. The van der Waals surface area contributed by atoms with Crippen LogP contribution in [0.25, 0.3) is 32.8 Å². The number of rotatable bonds is 1. The van der Waals surface area contributed by atoms with Gasteiger partial charge < -0.3 is 4.90 Å². The summed E-state index contributed by atoms with van der Waals surface area (Å²) in [7, 11) is 0. The first-order chi connectivity index (χ1) is 18.3. The molecule has 1 atom stereocenters. The van der Waals surface area contributed by atoms with Gasteiger partial charge in [-0.25, -0.2) is 0 Å². The molecule has 190 valence electrons. The van der Waals surface area contributed by atoms with Crippen LogP contribution in [0.1, 0.15) is 82.1 Å². The molecule has 0 bridgehead atoms. The zero-order chi connectivity index (χ0) is 26.0. The maximum Gasteiger partial charge on any atom is 0.291 e. The quantitative estimate of drug-likeness (QED) is 0.239. The third-order valence-corrected chi connectivity index (χ3v) is 10.1. The van der Waals surface area contributed by atoms with Crippen LogP contribution in [-0.2, 0) is 11.1 Å². The van der Waals surface area contributed by atoms with Gasteiger partial charge in [0.15, 0.2) is 6.20 Å². The molecule has 4 aromatic rings. The van der Waals surface area contributed by atoms with Crippen LogP contribution >= 0.6 is 0 Å². The molecule has 2 aliphatic heterocycles. The van der Waals surface area contributed by atoms with Crippen LogP contribution in [-0.4, -0.2) is 10.9 Å². The van der Waals surface area contributed by atoms with Gasteiger partial charge in [0.05, 0.1) is 11.1 Å². The summed E-state index contributed by atoms with van der Waals surface area (Å²) in [6.07, 6.45) is 14.1. The molecule has 2 nitrogen and oxygen atoms in total. The van der Waals surface area contributed by atoms with Crippen LogP contribution in [0.15, 0.2) is 78.1 Å². The Morgan fingerprint density at radius 2 is 1.66 bits per heavy atom. The highest BCUT2D eigenvalue weighted by Crippen LogP contribution is 2.57. The van der Waals surface area contributed by atoms with E-state index in [2.05, 4.69) is 111 Å². The van der Waals surface area contributed by atoms with Gasteiger partial charge in [0, 0.05) is 39.6 Å². The molecule has 0 saturated heterocycles. The maximum absolute atomic E-state index is 2.82. The van der Waals surface area contributed by atoms with E-state index in [1.54, 1.807) is 0 Å². The van der Waals surface area contributed by atoms with E-state index in [4.69, 9.17) is 0 Å². The summed E-state index contributed by atoms with van der Waals surface area (Å²) < 4.78 is 2.70. The molecule has 0 radical (unpaired) electrons. The Balaban J connectivity index is 1.60. The van der Waals surface area contributed by atoms with E-state index in [0.29, 0.717) is 6.04 Å². The Bertz CT molecular complexity index is 1760. The summed E-state index contributed by atoms with van der Waals surface area (Å²) in [6.45, 7) is 11.8. The van der Waals surface area contributed by atoms with Crippen molar-refractivity contribution in [2.75, 3.05) is 0 Å². The number of allylic oxidation sites excluding steroid dienone is 3. The third kappa shape index (κ3) is 2.62. The second-order valence-corrected chi connectivity index (χ2v) is 12.9. The number of benzene rings is 3. The summed E-state index contributed by atoms with van der Waals surface area (Å²) in [5.74, 6) is 0. The van der Waals surface area contributed by atoms with Crippen molar-refractivity contribution in [2.45, 2.75) is 83.8 Å². The average Bonchev–Trinajstić information content (AvgIpc) is 3.15. The monoisotopic (exact) mass is 497 g/mol. The lowest BCUT2D eigenvalue weighted by atomic mass is 9.68. The molecule has 38 heavy (non-hydrogen) atoms. The van der Waals surface area contributed by atoms with Crippen LogP contribution in [0.4, 0.5) is 0 Å². The standard InChI is InChI=1S/C36H37N2/c1-22-14-15-26-21-37-34-32-30(36(37)20-23(2)18-24(3)38(36)27-11-7-6-8-12-27)17-16-25-10-9-13-29(31(25)32)35(4,5)33(34)28(26)19-22/h9-10,13-21,27H,6-8,11-12H2,1-5H3/q+1. The fourth-order valence-corrected chi connectivity index (χ4v) is 8.71. The molecular weight excluding hydrogens is 460 g/mol. The van der Waals surface area contributed by atoms with E-state index in [1.165, 1.54) is 98.4 Å². The SMILES string of the molecule is CC1=CC2(c3ccc4cccc5c4c3-c3c(c4cc(C)ccc4c[n+]32)C5(C)C)N(C2CCCCC2)C(C)=C1. The van der Waals surface area contributed by atoms with Crippen LogP contribution < -0.4 is 4.57 Å². The van der Waals surface area contributed by atoms with Crippen LogP contribution in [0.2, 0.25) is 0 Å². The van der Waals surface area contributed by atoms with Gasteiger partial charge in [-0.3, -0.25) is 0 Å². The molecule has 4 aliphatic rings. The predicted molar refractivity (Wildman–Crippen MR) is 157 cm³/mol. The summed E-state index contributed by atoms with van der Waals surface area (Å²) in [6, 6.07) is 19.4. The number of hydrogen-bond donors (Lipinski definition) is 0. The minimum absolute atomic E-state index is 0.102. The Kier molecular flexibility index (Phi) is 4.38. The van der Waals surface area contributed by atoms with Gasteiger partial charge in [-0.15, -0.1) is 0 Å². The Morgan fingerprint density at radius 3 is 2.47 bits per heavy atom. The summed E-state index contributed by atoms with van der Waals surface area (Å²) in [4.78, 5) is 2.82. The number of fused-ring (bicyclic) bond motifs is 4. The Morgan fingerprint density at radius 1 is 0.868 bits per heavy atom. The first-order valence-electron chi connectivity index (χ1n) is 14.6. The van der Waals surface area contributed by atoms with Crippen molar-refractivity contribution in [3.8, 4) is 11.3 Å². The van der Waals surface area contributed by atoms with E-state index in [1.807, 2.05) is 0 Å². The number of nitrogens with zero attached hydrogens (tertiary/aromatic N) is 2. The van der Waals surface area contributed by atoms with Gasteiger partial charge in [0.1, 0.15) is 0 Å². The van der Waals surface area contributed by atoms with Crippen molar-refractivity contribution in [1.29, 1.82) is 0 Å². The molecule has 1 fully saturated rings. The summed E-state index contributed by atoms with van der Waals surface area (Å²) in [5, 5.41) is 5.57. The van der Waals surface area contributed by atoms with Gasteiger partial charge >= 0.3 is 0 Å². The first-order valence-corrected chi connectivity index (χ1v) is 14.6. The van der Waals surface area contributed by atoms with Crippen molar-refractivity contribution in [3.05, 3.63) is 100 Å². The zero-order valence-corrected chi connectivity index (χ0v) is 23.4. The second-order valence-electron chi connectivity index (χ2n) is 12.9. The smallest absolute Gasteiger partial charge is 0.291 e. The highest BCUT2D eigenvalue weighted by atomic mass is 15.4. The van der Waals surface area contributed by atoms with E-state index < -0.39 is 0 Å². The van der Waals surface area contributed by atoms with Crippen molar-refractivity contribution in [3.63, 3.8) is 0 Å². The minimum atomic E-state index is -0.342. The minimum Gasteiger partial charge on any atom is -0.305 e. The number of hydrogen-bond acceptors (Lipinski definition) is 1. The molecule has 1 spiro atoms. The molecule has 8 rings (SSSR count).